The van der Waals surface area contributed by atoms with E-state index < -0.39 is 11.6 Å². The normalized spacial score (nSPS) is 13.2. The number of pyridine rings is 1. The molecule has 4 rings (SSSR count). The molecule has 2 heterocycles. The monoisotopic (exact) mass is 512 g/mol. The van der Waals surface area contributed by atoms with Crippen molar-refractivity contribution in [2.45, 2.75) is 71.5 Å². The topological polar surface area (TPSA) is 93.0 Å². The van der Waals surface area contributed by atoms with Crippen LogP contribution in [-0.2, 0) is 16.1 Å². The van der Waals surface area contributed by atoms with Crippen LogP contribution in [0.5, 0.6) is 0 Å². The predicted octanol–water partition coefficient (Wildman–Crippen LogP) is 5.42. The van der Waals surface area contributed by atoms with E-state index in [1.807, 2.05) is 75.4 Å². The van der Waals surface area contributed by atoms with Crippen LogP contribution in [0.1, 0.15) is 70.5 Å². The highest BCUT2D eigenvalue weighted by atomic mass is 16.2. The number of hydrogen-bond acceptors (Lipinski definition) is 5. The van der Waals surface area contributed by atoms with Crippen molar-refractivity contribution in [2.75, 3.05) is 4.90 Å². The van der Waals surface area contributed by atoms with Crippen molar-refractivity contribution in [2.24, 2.45) is 0 Å². The molecule has 0 aliphatic carbocycles. The fourth-order valence-electron chi connectivity index (χ4n) is 4.32. The molecule has 2 aromatic heterocycles. The minimum absolute atomic E-state index is 0.0746. The molecule has 8 nitrogen and oxygen atoms in total. The first kappa shape index (κ1) is 27.0. The Morgan fingerprint density at radius 2 is 1.74 bits per heavy atom. The van der Waals surface area contributed by atoms with E-state index in [1.165, 1.54) is 5.56 Å². The number of rotatable bonds is 10. The van der Waals surface area contributed by atoms with Crippen molar-refractivity contribution in [1.29, 1.82) is 0 Å². The van der Waals surface area contributed by atoms with Crippen molar-refractivity contribution in [3.63, 3.8) is 0 Å². The highest BCUT2D eigenvalue weighted by Crippen LogP contribution is 2.31. The van der Waals surface area contributed by atoms with Gasteiger partial charge in [0.25, 0.3) is 0 Å². The summed E-state index contributed by atoms with van der Waals surface area (Å²) in [5.74, 6) is -0.166. The number of nitrogens with zero attached hydrogens (tertiary/aromatic N) is 5. The lowest BCUT2D eigenvalue weighted by Crippen LogP contribution is -2.51. The zero-order chi connectivity index (χ0) is 27.3. The van der Waals surface area contributed by atoms with Gasteiger partial charge < -0.3 is 5.32 Å². The van der Waals surface area contributed by atoms with Gasteiger partial charge in [-0.1, -0.05) is 56.3 Å². The molecule has 0 unspecified atom stereocenters. The first-order valence-corrected chi connectivity index (χ1v) is 13.2. The summed E-state index contributed by atoms with van der Waals surface area (Å²) in [5.41, 5.74) is 3.44. The molecule has 0 spiro atoms. The van der Waals surface area contributed by atoms with Crippen molar-refractivity contribution in [3.8, 4) is 0 Å². The lowest BCUT2D eigenvalue weighted by Gasteiger charge is -2.34. The SMILES string of the molecule is CC[C@H](C)c1ccc(N(C(=O)Cn2nnc3ccccc32)[C@H](C(=O)NC(C)(C)CC)c2cccnc2)cc1. The molecule has 0 saturated heterocycles. The van der Waals surface area contributed by atoms with Crippen molar-refractivity contribution in [3.05, 3.63) is 84.2 Å². The van der Waals surface area contributed by atoms with Crippen LogP contribution in [0.3, 0.4) is 0 Å². The first-order valence-electron chi connectivity index (χ1n) is 13.2. The summed E-state index contributed by atoms with van der Waals surface area (Å²) < 4.78 is 1.58. The fourth-order valence-corrected chi connectivity index (χ4v) is 4.32. The van der Waals surface area contributed by atoms with Gasteiger partial charge in [0.2, 0.25) is 11.8 Å². The highest BCUT2D eigenvalue weighted by molar-refractivity contribution is 6.01. The summed E-state index contributed by atoms with van der Waals surface area (Å²) in [6.07, 6.45) is 5.04. The van der Waals surface area contributed by atoms with Gasteiger partial charge in [-0.15, -0.1) is 5.10 Å². The Morgan fingerprint density at radius 3 is 2.39 bits per heavy atom. The van der Waals surface area contributed by atoms with Crippen LogP contribution >= 0.6 is 0 Å². The third kappa shape index (κ3) is 5.90. The van der Waals surface area contributed by atoms with Crippen LogP contribution in [0.15, 0.2) is 73.1 Å². The Labute approximate surface area is 224 Å². The fraction of sp³-hybridized carbons (Fsp3) is 0.367. The zero-order valence-corrected chi connectivity index (χ0v) is 22.8. The van der Waals surface area contributed by atoms with E-state index in [9.17, 15) is 9.59 Å². The number of aromatic nitrogens is 4. The highest BCUT2D eigenvalue weighted by Gasteiger charge is 2.35. The van der Waals surface area contributed by atoms with Gasteiger partial charge in [0.15, 0.2) is 0 Å². The standard InChI is InChI=1S/C30H36N6O2/c1-6-21(3)22-14-16-24(17-15-22)36(27(37)20-35-26-13-9-8-12-25(26)33-34-35)28(23-11-10-18-31-19-23)29(38)32-30(4,5)7-2/h8-19,21,28H,6-7,20H2,1-5H3,(H,32,38)/t21-,28-/m0/s1. The minimum atomic E-state index is -0.925. The van der Waals surface area contributed by atoms with Gasteiger partial charge in [-0.3, -0.25) is 19.5 Å². The average molecular weight is 513 g/mol. The third-order valence-corrected chi connectivity index (χ3v) is 7.18. The molecular weight excluding hydrogens is 476 g/mol. The lowest BCUT2D eigenvalue weighted by molar-refractivity contribution is -0.128. The summed E-state index contributed by atoms with van der Waals surface area (Å²) >= 11 is 0. The van der Waals surface area contributed by atoms with E-state index in [1.54, 1.807) is 28.0 Å². The van der Waals surface area contributed by atoms with Gasteiger partial charge in [0, 0.05) is 29.2 Å². The molecule has 0 fully saturated rings. The molecule has 2 amide bonds. The van der Waals surface area contributed by atoms with Gasteiger partial charge in [0.05, 0.1) is 5.52 Å². The minimum Gasteiger partial charge on any atom is -0.349 e. The third-order valence-electron chi connectivity index (χ3n) is 7.18. The number of fused-ring (bicyclic) bond motifs is 1. The van der Waals surface area contributed by atoms with Gasteiger partial charge in [-0.25, -0.2) is 4.68 Å². The summed E-state index contributed by atoms with van der Waals surface area (Å²) in [7, 11) is 0. The van der Waals surface area contributed by atoms with Crippen LogP contribution in [0, 0.1) is 0 Å². The Morgan fingerprint density at radius 1 is 1.00 bits per heavy atom. The van der Waals surface area contributed by atoms with Gasteiger partial charge in [0.1, 0.15) is 18.1 Å². The summed E-state index contributed by atoms with van der Waals surface area (Å²) in [6.45, 7) is 10.2. The Hall–Kier alpha value is -4.07. The lowest BCUT2D eigenvalue weighted by atomic mass is 9.97. The maximum atomic E-state index is 14.1. The van der Waals surface area contributed by atoms with Crippen LogP contribution in [-0.4, -0.2) is 37.3 Å². The van der Waals surface area contributed by atoms with Crippen molar-refractivity contribution in [1.82, 2.24) is 25.3 Å². The number of hydrogen-bond donors (Lipinski definition) is 1. The number of anilines is 1. The Bertz CT molecular complexity index is 1380. The summed E-state index contributed by atoms with van der Waals surface area (Å²) in [4.78, 5) is 33.9. The molecule has 0 radical (unpaired) electrons. The maximum Gasteiger partial charge on any atom is 0.249 e. The van der Waals surface area contributed by atoms with E-state index >= 15 is 0 Å². The van der Waals surface area contributed by atoms with Gasteiger partial charge in [-0.2, -0.15) is 0 Å². The van der Waals surface area contributed by atoms with Crippen molar-refractivity contribution < 1.29 is 9.59 Å². The number of nitrogens with one attached hydrogen (secondary N) is 1. The van der Waals surface area contributed by atoms with E-state index in [0.29, 0.717) is 22.7 Å². The molecule has 2 aromatic carbocycles. The van der Waals surface area contributed by atoms with E-state index in [0.717, 1.165) is 18.4 Å². The van der Waals surface area contributed by atoms with Crippen LogP contribution in [0.4, 0.5) is 5.69 Å². The predicted molar refractivity (Wildman–Crippen MR) is 150 cm³/mol. The Balaban J connectivity index is 1.80. The summed E-state index contributed by atoms with van der Waals surface area (Å²) in [5, 5.41) is 11.6. The van der Waals surface area contributed by atoms with E-state index in [2.05, 4.69) is 34.5 Å². The molecule has 8 heteroatoms. The molecule has 38 heavy (non-hydrogen) atoms. The van der Waals surface area contributed by atoms with Crippen molar-refractivity contribution >= 4 is 28.5 Å². The molecule has 2 atom stereocenters. The Kier molecular flexibility index (Phi) is 8.20. The zero-order valence-electron chi connectivity index (χ0n) is 22.8. The van der Waals surface area contributed by atoms with E-state index in [-0.39, 0.29) is 18.4 Å². The maximum absolute atomic E-state index is 14.1. The number of carbonyl (C=O) groups excluding carboxylic acids is 2. The molecule has 0 bridgehead atoms. The molecule has 198 valence electrons. The van der Waals surface area contributed by atoms with Gasteiger partial charge in [-0.05, 0) is 68.5 Å². The van der Waals surface area contributed by atoms with Crippen LogP contribution in [0.2, 0.25) is 0 Å². The number of amides is 2. The number of carbonyl (C=O) groups is 2. The van der Waals surface area contributed by atoms with Crippen LogP contribution in [0.25, 0.3) is 11.0 Å². The molecule has 4 aromatic rings. The second-order valence-corrected chi connectivity index (χ2v) is 10.3. The quantitative estimate of drug-likeness (QED) is 0.306. The van der Waals surface area contributed by atoms with Gasteiger partial charge >= 0.3 is 0 Å². The largest absolute Gasteiger partial charge is 0.349 e. The molecule has 1 N–H and O–H groups in total. The second kappa shape index (κ2) is 11.5. The van der Waals surface area contributed by atoms with E-state index in [4.69, 9.17) is 0 Å². The number of para-hydroxylation sites is 1. The molecular formula is C30H36N6O2. The number of benzene rings is 2. The van der Waals surface area contributed by atoms with Crippen LogP contribution < -0.4 is 10.2 Å². The first-order chi connectivity index (χ1) is 18.2. The molecule has 0 saturated carbocycles. The average Bonchev–Trinajstić information content (AvgIpc) is 3.34. The second-order valence-electron chi connectivity index (χ2n) is 10.3. The summed E-state index contributed by atoms with van der Waals surface area (Å²) in [6, 6.07) is 18.1. The smallest absolute Gasteiger partial charge is 0.249 e. The molecule has 0 aliphatic rings. The molecule has 0 aliphatic heterocycles.